The summed E-state index contributed by atoms with van der Waals surface area (Å²) < 4.78 is 0. The van der Waals surface area contributed by atoms with E-state index in [0.29, 0.717) is 6.54 Å². The van der Waals surface area contributed by atoms with Gasteiger partial charge in [-0.15, -0.1) is 0 Å². The summed E-state index contributed by atoms with van der Waals surface area (Å²) in [5.74, 6) is 0.0240. The van der Waals surface area contributed by atoms with E-state index in [1.807, 2.05) is 32.9 Å². The Hall–Kier alpha value is -1.42. The molecule has 88 valence electrons. The lowest BCUT2D eigenvalue weighted by Gasteiger charge is -2.14. The van der Waals surface area contributed by atoms with Gasteiger partial charge in [0.1, 0.15) is 0 Å². The number of hydrogen-bond acceptors (Lipinski definition) is 3. The Morgan fingerprint density at radius 3 is 2.50 bits per heavy atom. The standard InChI is InChI=1S/C12H19N3O/c1-9(2)15-12(16)8-14-10(3)11-4-6-13-7-5-11/h4-7,9-10,14H,8H2,1-3H3,(H,15,16)/t10-/m0/s1. The molecule has 1 aromatic rings. The average Bonchev–Trinajstić information content (AvgIpc) is 2.26. The molecule has 1 atom stereocenters. The minimum Gasteiger partial charge on any atom is -0.353 e. The Balaban J connectivity index is 2.36. The van der Waals surface area contributed by atoms with Crippen molar-refractivity contribution in [3.8, 4) is 0 Å². The Kier molecular flexibility index (Phi) is 4.92. The molecule has 16 heavy (non-hydrogen) atoms. The second kappa shape index (κ2) is 6.23. The van der Waals surface area contributed by atoms with Gasteiger partial charge >= 0.3 is 0 Å². The third kappa shape index (κ3) is 4.40. The van der Waals surface area contributed by atoms with Crippen LogP contribution in [-0.2, 0) is 4.79 Å². The van der Waals surface area contributed by atoms with Gasteiger partial charge in [-0.1, -0.05) is 0 Å². The summed E-state index contributed by atoms with van der Waals surface area (Å²) in [4.78, 5) is 15.4. The van der Waals surface area contributed by atoms with Crippen molar-refractivity contribution in [1.82, 2.24) is 15.6 Å². The van der Waals surface area contributed by atoms with Crippen molar-refractivity contribution in [3.63, 3.8) is 0 Å². The van der Waals surface area contributed by atoms with Gasteiger partial charge in [-0.05, 0) is 38.5 Å². The maximum Gasteiger partial charge on any atom is 0.234 e. The van der Waals surface area contributed by atoms with Gasteiger partial charge in [0.25, 0.3) is 0 Å². The lowest BCUT2D eigenvalue weighted by atomic mass is 10.1. The number of pyridine rings is 1. The van der Waals surface area contributed by atoms with E-state index in [9.17, 15) is 4.79 Å². The summed E-state index contributed by atoms with van der Waals surface area (Å²) in [6.45, 7) is 6.26. The first kappa shape index (κ1) is 12.6. The number of hydrogen-bond donors (Lipinski definition) is 2. The van der Waals surface area contributed by atoms with Crippen LogP contribution in [0.15, 0.2) is 24.5 Å². The van der Waals surface area contributed by atoms with Crippen LogP contribution >= 0.6 is 0 Å². The van der Waals surface area contributed by atoms with Gasteiger partial charge in [0.15, 0.2) is 0 Å². The minimum atomic E-state index is 0.0240. The zero-order valence-corrected chi connectivity index (χ0v) is 10.0. The van der Waals surface area contributed by atoms with Gasteiger partial charge in [-0.25, -0.2) is 0 Å². The van der Waals surface area contributed by atoms with Crippen LogP contribution in [0.1, 0.15) is 32.4 Å². The van der Waals surface area contributed by atoms with Crippen LogP contribution in [0.3, 0.4) is 0 Å². The molecule has 0 aliphatic rings. The summed E-state index contributed by atoms with van der Waals surface area (Å²) in [6.07, 6.45) is 3.50. The molecule has 1 rings (SSSR count). The molecule has 1 heterocycles. The van der Waals surface area contributed by atoms with Gasteiger partial charge in [0, 0.05) is 24.5 Å². The molecule has 0 spiro atoms. The fourth-order valence-corrected chi connectivity index (χ4v) is 1.39. The highest BCUT2D eigenvalue weighted by Crippen LogP contribution is 2.09. The first-order chi connectivity index (χ1) is 7.59. The SMILES string of the molecule is CC(C)NC(=O)CN[C@@H](C)c1ccncc1. The van der Waals surface area contributed by atoms with Crippen molar-refractivity contribution in [1.29, 1.82) is 0 Å². The number of rotatable bonds is 5. The summed E-state index contributed by atoms with van der Waals surface area (Å²) in [7, 11) is 0. The molecule has 0 bridgehead atoms. The topological polar surface area (TPSA) is 54.0 Å². The van der Waals surface area contributed by atoms with Crippen molar-refractivity contribution in [2.24, 2.45) is 0 Å². The normalized spacial score (nSPS) is 12.5. The zero-order valence-electron chi connectivity index (χ0n) is 10.0. The molecule has 0 aliphatic carbocycles. The number of nitrogens with one attached hydrogen (secondary N) is 2. The van der Waals surface area contributed by atoms with Crippen molar-refractivity contribution < 1.29 is 4.79 Å². The second-order valence-corrected chi connectivity index (χ2v) is 4.11. The largest absolute Gasteiger partial charge is 0.353 e. The van der Waals surface area contributed by atoms with Crippen molar-refractivity contribution in [3.05, 3.63) is 30.1 Å². The highest BCUT2D eigenvalue weighted by molar-refractivity contribution is 5.78. The van der Waals surface area contributed by atoms with Crippen LogP contribution in [0.4, 0.5) is 0 Å². The van der Waals surface area contributed by atoms with Crippen LogP contribution in [0, 0.1) is 0 Å². The number of nitrogens with zero attached hydrogens (tertiary/aromatic N) is 1. The maximum absolute atomic E-state index is 11.4. The quantitative estimate of drug-likeness (QED) is 0.787. The third-order valence-electron chi connectivity index (χ3n) is 2.22. The Morgan fingerprint density at radius 1 is 1.31 bits per heavy atom. The van der Waals surface area contributed by atoms with Crippen LogP contribution in [-0.4, -0.2) is 23.5 Å². The number of carbonyl (C=O) groups is 1. The molecule has 1 aromatic heterocycles. The number of carbonyl (C=O) groups excluding carboxylic acids is 1. The van der Waals surface area contributed by atoms with Crippen LogP contribution in [0.2, 0.25) is 0 Å². The van der Waals surface area contributed by atoms with Crippen molar-refractivity contribution in [2.75, 3.05) is 6.54 Å². The van der Waals surface area contributed by atoms with Crippen molar-refractivity contribution in [2.45, 2.75) is 32.9 Å². The molecule has 0 aliphatic heterocycles. The Bertz CT molecular complexity index is 324. The molecule has 0 aromatic carbocycles. The van der Waals surface area contributed by atoms with E-state index in [1.165, 1.54) is 0 Å². The summed E-state index contributed by atoms with van der Waals surface area (Å²) in [5.41, 5.74) is 1.13. The average molecular weight is 221 g/mol. The van der Waals surface area contributed by atoms with Gasteiger partial charge in [0.05, 0.1) is 6.54 Å². The lowest BCUT2D eigenvalue weighted by Crippen LogP contribution is -2.38. The molecule has 1 amide bonds. The molecule has 4 heteroatoms. The summed E-state index contributed by atoms with van der Waals surface area (Å²) in [6, 6.07) is 4.22. The first-order valence-corrected chi connectivity index (χ1v) is 5.52. The highest BCUT2D eigenvalue weighted by Gasteiger charge is 2.07. The van der Waals surface area contributed by atoms with E-state index < -0.39 is 0 Å². The monoisotopic (exact) mass is 221 g/mol. The van der Waals surface area contributed by atoms with E-state index >= 15 is 0 Å². The zero-order chi connectivity index (χ0) is 12.0. The Labute approximate surface area is 96.5 Å². The van der Waals surface area contributed by atoms with Gasteiger partial charge in [-0.2, -0.15) is 0 Å². The molecule has 0 saturated heterocycles. The predicted octanol–water partition coefficient (Wildman–Crippen LogP) is 1.26. The summed E-state index contributed by atoms with van der Waals surface area (Å²) in [5, 5.41) is 6.00. The van der Waals surface area contributed by atoms with Crippen LogP contribution < -0.4 is 10.6 Å². The smallest absolute Gasteiger partial charge is 0.234 e. The van der Waals surface area contributed by atoms with Crippen molar-refractivity contribution >= 4 is 5.91 Å². The summed E-state index contributed by atoms with van der Waals surface area (Å²) >= 11 is 0. The third-order valence-corrected chi connectivity index (χ3v) is 2.22. The number of aromatic nitrogens is 1. The Morgan fingerprint density at radius 2 is 1.94 bits per heavy atom. The molecular formula is C12H19N3O. The number of amides is 1. The second-order valence-electron chi connectivity index (χ2n) is 4.11. The van der Waals surface area contributed by atoms with E-state index in [0.717, 1.165) is 5.56 Å². The van der Waals surface area contributed by atoms with E-state index in [1.54, 1.807) is 12.4 Å². The van der Waals surface area contributed by atoms with Gasteiger partial charge in [-0.3, -0.25) is 9.78 Å². The molecule has 0 saturated carbocycles. The van der Waals surface area contributed by atoms with E-state index in [4.69, 9.17) is 0 Å². The predicted molar refractivity (Wildman–Crippen MR) is 63.9 cm³/mol. The fourth-order valence-electron chi connectivity index (χ4n) is 1.39. The van der Waals surface area contributed by atoms with Crippen LogP contribution in [0.25, 0.3) is 0 Å². The minimum absolute atomic E-state index is 0.0240. The highest BCUT2D eigenvalue weighted by atomic mass is 16.1. The van der Waals surface area contributed by atoms with E-state index in [-0.39, 0.29) is 18.0 Å². The fraction of sp³-hybridized carbons (Fsp3) is 0.500. The molecule has 0 fully saturated rings. The van der Waals surface area contributed by atoms with E-state index in [2.05, 4.69) is 15.6 Å². The first-order valence-electron chi connectivity index (χ1n) is 5.52. The molecule has 2 N–H and O–H groups in total. The molecule has 0 radical (unpaired) electrons. The molecular weight excluding hydrogens is 202 g/mol. The van der Waals surface area contributed by atoms with Crippen LogP contribution in [0.5, 0.6) is 0 Å². The lowest BCUT2D eigenvalue weighted by molar-refractivity contribution is -0.120. The molecule has 4 nitrogen and oxygen atoms in total. The van der Waals surface area contributed by atoms with Gasteiger partial charge < -0.3 is 10.6 Å². The van der Waals surface area contributed by atoms with Gasteiger partial charge in [0.2, 0.25) is 5.91 Å². The maximum atomic E-state index is 11.4. The molecule has 0 unspecified atom stereocenters.